The summed E-state index contributed by atoms with van der Waals surface area (Å²) in [6.45, 7) is 6.63. The van der Waals surface area contributed by atoms with Gasteiger partial charge in [0.05, 0.1) is 0 Å². The van der Waals surface area contributed by atoms with Gasteiger partial charge >= 0.3 is 0 Å². The zero-order valence-corrected chi connectivity index (χ0v) is 12.6. The lowest BCUT2D eigenvalue weighted by Gasteiger charge is -2.42. The first kappa shape index (κ1) is 14.3. The number of amides is 1. The van der Waals surface area contributed by atoms with Crippen molar-refractivity contribution in [3.8, 4) is 0 Å². The molecule has 0 spiro atoms. The van der Waals surface area contributed by atoms with Crippen LogP contribution in [0.25, 0.3) is 0 Å². The summed E-state index contributed by atoms with van der Waals surface area (Å²) in [7, 11) is -0.804. The lowest BCUT2D eigenvalue weighted by molar-refractivity contribution is 0.0593. The molecule has 1 aliphatic rings. The average molecular weight is 279 g/mol. The number of aryl methyl sites for hydroxylation is 1. The maximum atomic E-state index is 12.7. The summed E-state index contributed by atoms with van der Waals surface area (Å²) < 4.78 is 11.7. The fourth-order valence-corrected chi connectivity index (χ4v) is 4.07. The molecular formula is C15H21NO2S. The SMILES string of the molecule is CCc1ccccc1C(=O)N1CC[S@](=O)CC1(C)C. The summed E-state index contributed by atoms with van der Waals surface area (Å²) in [5.74, 6) is 1.22. The molecule has 1 aromatic carbocycles. The maximum Gasteiger partial charge on any atom is 0.254 e. The van der Waals surface area contributed by atoms with Crippen molar-refractivity contribution in [2.45, 2.75) is 32.7 Å². The number of carbonyl (C=O) groups is 1. The Hall–Kier alpha value is -1.16. The smallest absolute Gasteiger partial charge is 0.254 e. The number of hydrogen-bond acceptors (Lipinski definition) is 2. The molecule has 0 aromatic heterocycles. The van der Waals surface area contributed by atoms with Crippen LogP contribution in [0.15, 0.2) is 24.3 Å². The maximum absolute atomic E-state index is 12.7. The summed E-state index contributed by atoms with van der Waals surface area (Å²) in [5, 5.41) is 0. The molecule has 0 saturated carbocycles. The molecule has 0 N–H and O–H groups in total. The van der Waals surface area contributed by atoms with E-state index in [2.05, 4.69) is 6.92 Å². The second kappa shape index (κ2) is 5.45. The highest BCUT2D eigenvalue weighted by atomic mass is 32.2. The van der Waals surface area contributed by atoms with Crippen molar-refractivity contribution in [3.05, 3.63) is 35.4 Å². The van der Waals surface area contributed by atoms with Gasteiger partial charge in [-0.2, -0.15) is 0 Å². The van der Waals surface area contributed by atoms with Crippen LogP contribution in [-0.4, -0.2) is 38.6 Å². The van der Waals surface area contributed by atoms with Gasteiger partial charge in [0.2, 0.25) is 0 Å². The third kappa shape index (κ3) is 2.89. The van der Waals surface area contributed by atoms with Crippen LogP contribution in [-0.2, 0) is 17.2 Å². The minimum Gasteiger partial charge on any atom is -0.332 e. The topological polar surface area (TPSA) is 37.4 Å². The van der Waals surface area contributed by atoms with E-state index in [1.54, 1.807) is 0 Å². The van der Waals surface area contributed by atoms with Gasteiger partial charge in [-0.25, -0.2) is 0 Å². The van der Waals surface area contributed by atoms with E-state index in [1.807, 2.05) is 43.0 Å². The van der Waals surface area contributed by atoms with Crippen LogP contribution in [0.5, 0.6) is 0 Å². The quantitative estimate of drug-likeness (QED) is 0.832. The van der Waals surface area contributed by atoms with Crippen molar-refractivity contribution >= 4 is 16.7 Å². The molecule has 0 bridgehead atoms. The van der Waals surface area contributed by atoms with E-state index < -0.39 is 10.8 Å². The summed E-state index contributed by atoms with van der Waals surface area (Å²) in [6, 6.07) is 7.76. The van der Waals surface area contributed by atoms with Crippen molar-refractivity contribution in [3.63, 3.8) is 0 Å². The molecule has 104 valence electrons. The first-order valence-corrected chi connectivity index (χ1v) is 8.19. The zero-order valence-electron chi connectivity index (χ0n) is 11.8. The molecule has 1 aromatic rings. The fraction of sp³-hybridized carbons (Fsp3) is 0.533. The van der Waals surface area contributed by atoms with Crippen LogP contribution in [0.1, 0.15) is 36.7 Å². The van der Waals surface area contributed by atoms with Gasteiger partial charge in [0, 0.05) is 40.0 Å². The molecule has 0 unspecified atom stereocenters. The van der Waals surface area contributed by atoms with Gasteiger partial charge in [0.1, 0.15) is 0 Å². The molecule has 1 saturated heterocycles. The predicted molar refractivity (Wildman–Crippen MR) is 78.8 cm³/mol. The third-order valence-corrected chi connectivity index (χ3v) is 5.33. The molecule has 1 fully saturated rings. The summed E-state index contributed by atoms with van der Waals surface area (Å²) in [6.07, 6.45) is 0.849. The van der Waals surface area contributed by atoms with Gasteiger partial charge in [-0.3, -0.25) is 9.00 Å². The molecule has 19 heavy (non-hydrogen) atoms. The second-order valence-corrected chi connectivity index (χ2v) is 7.14. The molecule has 0 aliphatic carbocycles. The summed E-state index contributed by atoms with van der Waals surface area (Å²) in [5.41, 5.74) is 1.53. The van der Waals surface area contributed by atoms with Crippen molar-refractivity contribution in [2.24, 2.45) is 0 Å². The molecule has 0 radical (unpaired) electrons. The molecule has 1 aliphatic heterocycles. The normalized spacial score (nSPS) is 22.3. The van der Waals surface area contributed by atoms with Crippen LogP contribution in [0.2, 0.25) is 0 Å². The Morgan fingerprint density at radius 2 is 2.05 bits per heavy atom. The standard InChI is InChI=1S/C15H21NO2S/c1-4-12-7-5-6-8-13(12)14(17)16-9-10-19(18)11-15(16,2)3/h5-8H,4,9-11H2,1-3H3/t19-/m0/s1. The minimum absolute atomic E-state index is 0.0687. The van der Waals surface area contributed by atoms with Crippen molar-refractivity contribution < 1.29 is 9.00 Å². The van der Waals surface area contributed by atoms with E-state index in [-0.39, 0.29) is 11.4 Å². The van der Waals surface area contributed by atoms with E-state index in [4.69, 9.17) is 0 Å². The molecule has 1 atom stereocenters. The van der Waals surface area contributed by atoms with Gasteiger partial charge in [-0.1, -0.05) is 25.1 Å². The number of benzene rings is 1. The Bertz CT molecular complexity index is 511. The molecule has 1 heterocycles. The predicted octanol–water partition coefficient (Wildman–Crippen LogP) is 2.23. The Kier molecular flexibility index (Phi) is 4.09. The van der Waals surface area contributed by atoms with Crippen LogP contribution in [0.4, 0.5) is 0 Å². The van der Waals surface area contributed by atoms with Gasteiger partial charge in [-0.05, 0) is 31.9 Å². The van der Waals surface area contributed by atoms with E-state index >= 15 is 0 Å². The van der Waals surface area contributed by atoms with E-state index in [1.165, 1.54) is 0 Å². The highest BCUT2D eigenvalue weighted by molar-refractivity contribution is 7.85. The zero-order chi connectivity index (χ0) is 14.0. The van der Waals surface area contributed by atoms with Crippen LogP contribution in [0.3, 0.4) is 0 Å². The minimum atomic E-state index is -0.804. The van der Waals surface area contributed by atoms with E-state index in [0.29, 0.717) is 18.1 Å². The summed E-state index contributed by atoms with van der Waals surface area (Å²) >= 11 is 0. The van der Waals surface area contributed by atoms with Crippen molar-refractivity contribution in [1.29, 1.82) is 0 Å². The monoisotopic (exact) mass is 279 g/mol. The van der Waals surface area contributed by atoms with Gasteiger partial charge in [0.25, 0.3) is 5.91 Å². The Labute approximate surface area is 117 Å². The van der Waals surface area contributed by atoms with Crippen LogP contribution < -0.4 is 0 Å². The Balaban J connectivity index is 2.31. The van der Waals surface area contributed by atoms with Crippen LogP contribution in [0, 0.1) is 0 Å². The molecule has 2 rings (SSSR count). The highest BCUT2D eigenvalue weighted by Crippen LogP contribution is 2.24. The number of nitrogens with zero attached hydrogens (tertiary/aromatic N) is 1. The Morgan fingerprint density at radius 3 is 2.68 bits per heavy atom. The number of rotatable bonds is 2. The molecular weight excluding hydrogens is 258 g/mol. The third-order valence-electron chi connectivity index (χ3n) is 3.66. The highest BCUT2D eigenvalue weighted by Gasteiger charge is 2.37. The number of hydrogen-bond donors (Lipinski definition) is 0. The second-order valence-electron chi connectivity index (χ2n) is 5.57. The van der Waals surface area contributed by atoms with Gasteiger partial charge < -0.3 is 4.90 Å². The molecule has 4 heteroatoms. The van der Waals surface area contributed by atoms with Crippen molar-refractivity contribution in [1.82, 2.24) is 4.90 Å². The lowest BCUT2D eigenvalue weighted by Crippen LogP contribution is -2.56. The lowest BCUT2D eigenvalue weighted by atomic mass is 10.00. The van der Waals surface area contributed by atoms with Gasteiger partial charge in [0.15, 0.2) is 0 Å². The van der Waals surface area contributed by atoms with E-state index in [0.717, 1.165) is 17.5 Å². The molecule has 1 amide bonds. The fourth-order valence-electron chi connectivity index (χ4n) is 2.60. The molecule has 3 nitrogen and oxygen atoms in total. The average Bonchev–Trinajstić information content (AvgIpc) is 2.37. The van der Waals surface area contributed by atoms with Crippen molar-refractivity contribution in [2.75, 3.05) is 18.1 Å². The van der Waals surface area contributed by atoms with Gasteiger partial charge in [-0.15, -0.1) is 0 Å². The first-order chi connectivity index (χ1) is 8.95. The Morgan fingerprint density at radius 1 is 1.37 bits per heavy atom. The largest absolute Gasteiger partial charge is 0.332 e. The van der Waals surface area contributed by atoms with Crippen LogP contribution >= 0.6 is 0 Å². The van der Waals surface area contributed by atoms with E-state index in [9.17, 15) is 9.00 Å². The number of carbonyl (C=O) groups excluding carboxylic acids is 1. The first-order valence-electron chi connectivity index (χ1n) is 6.70. The summed E-state index contributed by atoms with van der Waals surface area (Å²) in [4.78, 5) is 14.6.